The summed E-state index contributed by atoms with van der Waals surface area (Å²) in [6.07, 6.45) is 3.77. The summed E-state index contributed by atoms with van der Waals surface area (Å²) in [6.45, 7) is 0. The number of rotatable bonds is 2. The SMILES string of the molecule is Cn1ccc(S(=O)c2cccc(Br)c2)c1. The summed E-state index contributed by atoms with van der Waals surface area (Å²) in [5.74, 6) is 0. The van der Waals surface area contributed by atoms with Crippen LogP contribution >= 0.6 is 15.9 Å². The maximum atomic E-state index is 12.1. The molecule has 0 bridgehead atoms. The molecule has 0 spiro atoms. The fourth-order valence-electron chi connectivity index (χ4n) is 1.31. The van der Waals surface area contributed by atoms with Gasteiger partial charge in [-0.15, -0.1) is 0 Å². The maximum Gasteiger partial charge on any atom is 0.0865 e. The molecule has 78 valence electrons. The van der Waals surface area contributed by atoms with E-state index < -0.39 is 10.8 Å². The van der Waals surface area contributed by atoms with Gasteiger partial charge >= 0.3 is 0 Å². The van der Waals surface area contributed by atoms with Gasteiger partial charge in [0.05, 0.1) is 15.7 Å². The van der Waals surface area contributed by atoms with E-state index in [-0.39, 0.29) is 0 Å². The monoisotopic (exact) mass is 283 g/mol. The van der Waals surface area contributed by atoms with Gasteiger partial charge in [-0.25, -0.2) is 4.21 Å². The first kappa shape index (κ1) is 10.6. The smallest absolute Gasteiger partial charge is 0.0865 e. The van der Waals surface area contributed by atoms with Gasteiger partial charge < -0.3 is 4.57 Å². The van der Waals surface area contributed by atoms with E-state index in [1.165, 1.54) is 0 Å². The Bertz CT molecular complexity index is 507. The van der Waals surface area contributed by atoms with Gasteiger partial charge in [0.15, 0.2) is 0 Å². The highest BCUT2D eigenvalue weighted by Crippen LogP contribution is 2.19. The number of benzene rings is 1. The van der Waals surface area contributed by atoms with Gasteiger partial charge in [0.25, 0.3) is 0 Å². The van der Waals surface area contributed by atoms with Crippen LogP contribution in [-0.2, 0) is 17.8 Å². The van der Waals surface area contributed by atoms with Gasteiger partial charge in [-0.05, 0) is 24.3 Å². The van der Waals surface area contributed by atoms with E-state index in [2.05, 4.69) is 15.9 Å². The number of hydrogen-bond acceptors (Lipinski definition) is 1. The Morgan fingerprint density at radius 1 is 1.27 bits per heavy atom. The molecule has 2 rings (SSSR count). The van der Waals surface area contributed by atoms with Crippen LogP contribution in [0.5, 0.6) is 0 Å². The Morgan fingerprint density at radius 3 is 2.67 bits per heavy atom. The molecular weight excluding hydrogens is 274 g/mol. The molecule has 15 heavy (non-hydrogen) atoms. The van der Waals surface area contributed by atoms with Gasteiger partial charge in [0.2, 0.25) is 0 Å². The fraction of sp³-hybridized carbons (Fsp3) is 0.0909. The topological polar surface area (TPSA) is 22.0 Å². The van der Waals surface area contributed by atoms with E-state index >= 15 is 0 Å². The van der Waals surface area contributed by atoms with Gasteiger partial charge in [0.1, 0.15) is 0 Å². The van der Waals surface area contributed by atoms with Gasteiger partial charge in [-0.1, -0.05) is 22.0 Å². The molecule has 0 aliphatic heterocycles. The molecule has 0 aliphatic carbocycles. The number of nitrogens with zero attached hydrogens (tertiary/aromatic N) is 1. The van der Waals surface area contributed by atoms with Crippen molar-refractivity contribution in [2.45, 2.75) is 9.79 Å². The molecule has 1 unspecified atom stereocenters. The quantitative estimate of drug-likeness (QED) is 0.831. The molecule has 0 amide bonds. The third kappa shape index (κ3) is 2.38. The molecule has 0 N–H and O–H groups in total. The van der Waals surface area contributed by atoms with Gasteiger partial charge in [-0.3, -0.25) is 0 Å². The third-order valence-corrected chi connectivity index (χ3v) is 3.87. The molecule has 1 heterocycles. The lowest BCUT2D eigenvalue weighted by atomic mass is 10.4. The summed E-state index contributed by atoms with van der Waals surface area (Å²) in [5.41, 5.74) is 0. The zero-order chi connectivity index (χ0) is 10.8. The van der Waals surface area contributed by atoms with Crippen molar-refractivity contribution in [2.75, 3.05) is 0 Å². The molecule has 0 fully saturated rings. The second kappa shape index (κ2) is 4.33. The minimum Gasteiger partial charge on any atom is -0.356 e. The van der Waals surface area contributed by atoms with E-state index in [9.17, 15) is 4.21 Å². The fourth-order valence-corrected chi connectivity index (χ4v) is 3.01. The molecule has 1 aromatic carbocycles. The van der Waals surface area contributed by atoms with Crippen LogP contribution in [0.1, 0.15) is 0 Å². The molecule has 2 nitrogen and oxygen atoms in total. The summed E-state index contributed by atoms with van der Waals surface area (Å²) in [4.78, 5) is 1.64. The van der Waals surface area contributed by atoms with E-state index in [4.69, 9.17) is 0 Å². The van der Waals surface area contributed by atoms with Crippen molar-refractivity contribution in [3.8, 4) is 0 Å². The van der Waals surface area contributed by atoms with Crippen molar-refractivity contribution in [2.24, 2.45) is 7.05 Å². The number of halogens is 1. The Kier molecular flexibility index (Phi) is 3.07. The van der Waals surface area contributed by atoms with Crippen molar-refractivity contribution in [1.82, 2.24) is 4.57 Å². The normalized spacial score (nSPS) is 12.7. The minimum atomic E-state index is -1.09. The third-order valence-electron chi connectivity index (χ3n) is 2.03. The number of aryl methyl sites for hydroxylation is 1. The van der Waals surface area contributed by atoms with Crippen LogP contribution in [0, 0.1) is 0 Å². The lowest BCUT2D eigenvalue weighted by Gasteiger charge is -1.99. The standard InChI is InChI=1S/C11H10BrNOS/c1-13-6-5-11(8-13)15(14)10-4-2-3-9(12)7-10/h2-8H,1H3. The van der Waals surface area contributed by atoms with E-state index in [1.54, 1.807) is 0 Å². The van der Waals surface area contributed by atoms with Crippen molar-refractivity contribution in [3.05, 3.63) is 47.2 Å². The van der Waals surface area contributed by atoms with Gasteiger partial charge in [-0.2, -0.15) is 0 Å². The average Bonchev–Trinajstić information content (AvgIpc) is 2.64. The minimum absolute atomic E-state index is 0.815. The van der Waals surface area contributed by atoms with Crippen molar-refractivity contribution >= 4 is 26.7 Å². The van der Waals surface area contributed by atoms with Gasteiger partial charge in [0, 0.05) is 28.8 Å². The second-order valence-corrected chi connectivity index (χ2v) is 5.63. The Labute approximate surface area is 99.5 Å². The van der Waals surface area contributed by atoms with Crippen LogP contribution in [0.2, 0.25) is 0 Å². The highest BCUT2D eigenvalue weighted by Gasteiger charge is 2.07. The molecule has 0 aliphatic rings. The molecule has 4 heteroatoms. The van der Waals surface area contributed by atoms with Crippen LogP contribution in [0.15, 0.2) is 57.0 Å². The number of aromatic nitrogens is 1. The highest BCUT2D eigenvalue weighted by atomic mass is 79.9. The summed E-state index contributed by atoms with van der Waals surface area (Å²) in [5, 5.41) is 0. The predicted molar refractivity (Wildman–Crippen MR) is 64.2 cm³/mol. The Hall–Kier alpha value is -0.870. The van der Waals surface area contributed by atoms with Crippen molar-refractivity contribution in [3.63, 3.8) is 0 Å². The van der Waals surface area contributed by atoms with Crippen molar-refractivity contribution in [1.29, 1.82) is 0 Å². The lowest BCUT2D eigenvalue weighted by Crippen LogP contribution is -1.91. The Balaban J connectivity index is 2.36. The molecular formula is C11H10BrNOS. The van der Waals surface area contributed by atoms with Crippen LogP contribution in [0.3, 0.4) is 0 Å². The zero-order valence-corrected chi connectivity index (χ0v) is 10.6. The second-order valence-electron chi connectivity index (χ2n) is 3.24. The van der Waals surface area contributed by atoms with Crippen LogP contribution in [0.25, 0.3) is 0 Å². The Morgan fingerprint density at radius 2 is 2.07 bits per heavy atom. The summed E-state index contributed by atoms with van der Waals surface area (Å²) in [7, 11) is 0.831. The molecule has 0 radical (unpaired) electrons. The maximum absolute atomic E-state index is 12.1. The lowest BCUT2D eigenvalue weighted by molar-refractivity contribution is 0.683. The number of hydrogen-bond donors (Lipinski definition) is 0. The highest BCUT2D eigenvalue weighted by molar-refractivity contribution is 9.10. The largest absolute Gasteiger partial charge is 0.356 e. The van der Waals surface area contributed by atoms with Crippen LogP contribution in [-0.4, -0.2) is 8.78 Å². The molecule has 1 atom stereocenters. The predicted octanol–water partition coefficient (Wildman–Crippen LogP) is 2.95. The zero-order valence-electron chi connectivity index (χ0n) is 8.18. The molecule has 2 aromatic rings. The van der Waals surface area contributed by atoms with E-state index in [0.29, 0.717) is 0 Å². The van der Waals surface area contributed by atoms with Crippen LogP contribution in [0.4, 0.5) is 0 Å². The van der Waals surface area contributed by atoms with Crippen molar-refractivity contribution < 1.29 is 4.21 Å². The molecule has 0 saturated heterocycles. The molecule has 1 aromatic heterocycles. The first-order valence-electron chi connectivity index (χ1n) is 4.46. The van der Waals surface area contributed by atoms with E-state index in [0.717, 1.165) is 14.3 Å². The average molecular weight is 284 g/mol. The molecule has 0 saturated carbocycles. The van der Waals surface area contributed by atoms with E-state index in [1.807, 2.05) is 54.3 Å². The first-order chi connectivity index (χ1) is 7.16. The van der Waals surface area contributed by atoms with Crippen LogP contribution < -0.4 is 0 Å². The summed E-state index contributed by atoms with van der Waals surface area (Å²) in [6, 6.07) is 9.43. The summed E-state index contributed by atoms with van der Waals surface area (Å²) < 4.78 is 14.9. The first-order valence-corrected chi connectivity index (χ1v) is 6.40. The summed E-state index contributed by atoms with van der Waals surface area (Å²) >= 11 is 3.37.